The van der Waals surface area contributed by atoms with E-state index in [-0.39, 0.29) is 0 Å². The van der Waals surface area contributed by atoms with E-state index >= 15 is 0 Å². The van der Waals surface area contributed by atoms with Gasteiger partial charge in [0.25, 0.3) is 0 Å². The Morgan fingerprint density at radius 2 is 2.33 bits per heavy atom. The summed E-state index contributed by atoms with van der Waals surface area (Å²) < 4.78 is 1.05. The Labute approximate surface area is 107 Å². The molecule has 0 aromatic heterocycles. The number of anilines is 1. The van der Waals surface area contributed by atoms with Gasteiger partial charge in [-0.25, -0.2) is 0 Å². The van der Waals surface area contributed by atoms with Crippen molar-refractivity contribution in [2.24, 2.45) is 5.92 Å². The first-order valence-electron chi connectivity index (χ1n) is 4.42. The van der Waals surface area contributed by atoms with Crippen molar-refractivity contribution >= 4 is 45.8 Å². The molecule has 0 fully saturated rings. The van der Waals surface area contributed by atoms with Crippen LogP contribution in [0.1, 0.15) is 6.92 Å². The standard InChI is InChI=1S/C10H11ClINO2/c1-6(10(14)15)5-13-9-3-2-7(12)4-8(9)11/h2-4,6,13H,5H2,1H3,(H,14,15). The molecule has 0 amide bonds. The van der Waals surface area contributed by atoms with Gasteiger partial charge in [0, 0.05) is 10.1 Å². The molecule has 0 saturated heterocycles. The molecule has 1 atom stereocenters. The van der Waals surface area contributed by atoms with Crippen molar-refractivity contribution < 1.29 is 9.90 Å². The Morgan fingerprint density at radius 3 is 2.87 bits per heavy atom. The quantitative estimate of drug-likeness (QED) is 0.829. The van der Waals surface area contributed by atoms with E-state index in [1.165, 1.54) is 0 Å². The molecule has 0 radical (unpaired) electrons. The predicted molar refractivity (Wildman–Crippen MR) is 69.5 cm³/mol. The zero-order valence-corrected chi connectivity index (χ0v) is 11.0. The summed E-state index contributed by atoms with van der Waals surface area (Å²) in [6.07, 6.45) is 0. The highest BCUT2D eigenvalue weighted by molar-refractivity contribution is 14.1. The van der Waals surface area contributed by atoms with Gasteiger partial charge in [0.2, 0.25) is 0 Å². The molecule has 0 heterocycles. The average molecular weight is 340 g/mol. The zero-order valence-electron chi connectivity index (χ0n) is 8.13. The van der Waals surface area contributed by atoms with Gasteiger partial charge in [-0.1, -0.05) is 18.5 Å². The first-order valence-corrected chi connectivity index (χ1v) is 5.88. The molecule has 2 N–H and O–H groups in total. The maximum absolute atomic E-state index is 10.6. The highest BCUT2D eigenvalue weighted by Gasteiger charge is 2.10. The molecule has 1 aromatic carbocycles. The summed E-state index contributed by atoms with van der Waals surface area (Å²) in [5.41, 5.74) is 0.769. The number of hydrogen-bond donors (Lipinski definition) is 2. The molecule has 82 valence electrons. The monoisotopic (exact) mass is 339 g/mol. The van der Waals surface area contributed by atoms with E-state index in [1.807, 2.05) is 18.2 Å². The number of nitrogens with one attached hydrogen (secondary N) is 1. The average Bonchev–Trinajstić information content (AvgIpc) is 2.15. The van der Waals surface area contributed by atoms with Crippen LogP contribution in [0, 0.1) is 9.49 Å². The number of aliphatic carboxylic acids is 1. The molecule has 1 aromatic rings. The Kier molecular flexibility index (Phi) is 4.66. The van der Waals surface area contributed by atoms with Crippen LogP contribution in [0.3, 0.4) is 0 Å². The molecule has 0 aliphatic carbocycles. The lowest BCUT2D eigenvalue weighted by Gasteiger charge is -2.11. The van der Waals surface area contributed by atoms with Crippen molar-refractivity contribution in [3.05, 3.63) is 26.8 Å². The molecule has 0 aliphatic rings. The van der Waals surface area contributed by atoms with Crippen LogP contribution in [0.4, 0.5) is 5.69 Å². The molecule has 5 heteroatoms. The maximum Gasteiger partial charge on any atom is 0.308 e. The van der Waals surface area contributed by atoms with Gasteiger partial charge in [0.1, 0.15) is 0 Å². The van der Waals surface area contributed by atoms with Crippen molar-refractivity contribution in [2.45, 2.75) is 6.92 Å². The summed E-state index contributed by atoms with van der Waals surface area (Å²) in [4.78, 5) is 10.6. The van der Waals surface area contributed by atoms with Crippen LogP contribution in [0.25, 0.3) is 0 Å². The molecular formula is C10H11ClINO2. The molecule has 0 bridgehead atoms. The van der Waals surface area contributed by atoms with E-state index in [2.05, 4.69) is 27.9 Å². The fourth-order valence-electron chi connectivity index (χ4n) is 0.983. The van der Waals surface area contributed by atoms with Crippen molar-refractivity contribution in [3.8, 4) is 0 Å². The van der Waals surface area contributed by atoms with Gasteiger partial charge in [0.15, 0.2) is 0 Å². The lowest BCUT2D eigenvalue weighted by atomic mass is 10.2. The van der Waals surface area contributed by atoms with Crippen molar-refractivity contribution in [2.75, 3.05) is 11.9 Å². The third-order valence-corrected chi connectivity index (χ3v) is 2.94. The first kappa shape index (κ1) is 12.6. The predicted octanol–water partition coefficient (Wildman–Crippen LogP) is 3.08. The third kappa shape index (κ3) is 3.87. The van der Waals surface area contributed by atoms with Gasteiger partial charge in [-0.05, 0) is 40.8 Å². The summed E-state index contributed by atoms with van der Waals surface area (Å²) in [6, 6.07) is 5.59. The number of carbonyl (C=O) groups is 1. The van der Waals surface area contributed by atoms with E-state index < -0.39 is 11.9 Å². The zero-order chi connectivity index (χ0) is 11.4. The summed E-state index contributed by atoms with van der Waals surface area (Å²) >= 11 is 8.15. The lowest BCUT2D eigenvalue weighted by Crippen LogP contribution is -2.19. The van der Waals surface area contributed by atoms with E-state index in [0.29, 0.717) is 11.6 Å². The smallest absolute Gasteiger partial charge is 0.308 e. The van der Waals surface area contributed by atoms with Crippen LogP contribution in [-0.4, -0.2) is 17.6 Å². The number of halogens is 2. The Morgan fingerprint density at radius 1 is 1.67 bits per heavy atom. The maximum atomic E-state index is 10.6. The molecule has 1 rings (SSSR count). The highest BCUT2D eigenvalue weighted by atomic mass is 127. The number of benzene rings is 1. The molecule has 0 aliphatic heterocycles. The summed E-state index contributed by atoms with van der Waals surface area (Å²) in [5.74, 6) is -1.25. The topological polar surface area (TPSA) is 49.3 Å². The number of rotatable bonds is 4. The number of carboxylic acids is 1. The second-order valence-corrected chi connectivity index (χ2v) is 4.90. The number of hydrogen-bond acceptors (Lipinski definition) is 2. The van der Waals surface area contributed by atoms with Crippen LogP contribution < -0.4 is 5.32 Å². The molecular weight excluding hydrogens is 328 g/mol. The number of carboxylic acid groups (broad SMARTS) is 1. The largest absolute Gasteiger partial charge is 0.481 e. The second kappa shape index (κ2) is 5.55. The van der Waals surface area contributed by atoms with Crippen LogP contribution >= 0.6 is 34.2 Å². The first-order chi connectivity index (χ1) is 7.00. The SMILES string of the molecule is CC(CNc1ccc(I)cc1Cl)C(=O)O. The van der Waals surface area contributed by atoms with E-state index in [4.69, 9.17) is 16.7 Å². The van der Waals surface area contributed by atoms with Gasteiger partial charge in [-0.3, -0.25) is 4.79 Å². The van der Waals surface area contributed by atoms with Gasteiger partial charge in [-0.2, -0.15) is 0 Å². The second-order valence-electron chi connectivity index (χ2n) is 3.24. The molecule has 0 saturated carbocycles. The van der Waals surface area contributed by atoms with E-state index in [9.17, 15) is 4.79 Å². The van der Waals surface area contributed by atoms with Gasteiger partial charge in [0.05, 0.1) is 16.6 Å². The van der Waals surface area contributed by atoms with Gasteiger partial charge in [-0.15, -0.1) is 0 Å². The molecule has 15 heavy (non-hydrogen) atoms. The van der Waals surface area contributed by atoms with E-state index in [0.717, 1.165) is 9.26 Å². The minimum absolute atomic E-state index is 0.371. The fraction of sp³-hybridized carbons (Fsp3) is 0.300. The van der Waals surface area contributed by atoms with Crippen molar-refractivity contribution in [1.29, 1.82) is 0 Å². The van der Waals surface area contributed by atoms with Gasteiger partial charge >= 0.3 is 5.97 Å². The molecule has 0 spiro atoms. The normalized spacial score (nSPS) is 12.2. The van der Waals surface area contributed by atoms with Crippen LogP contribution in [0.5, 0.6) is 0 Å². The summed E-state index contributed by atoms with van der Waals surface area (Å²) in [5, 5.41) is 12.3. The third-order valence-electron chi connectivity index (χ3n) is 1.95. The minimum atomic E-state index is -0.816. The molecule has 1 unspecified atom stereocenters. The Hall–Kier alpha value is -0.490. The van der Waals surface area contributed by atoms with Crippen LogP contribution in [-0.2, 0) is 4.79 Å². The van der Waals surface area contributed by atoms with Crippen LogP contribution in [0.15, 0.2) is 18.2 Å². The highest BCUT2D eigenvalue weighted by Crippen LogP contribution is 2.23. The molecule has 3 nitrogen and oxygen atoms in total. The lowest BCUT2D eigenvalue weighted by molar-refractivity contribution is -0.140. The summed E-state index contributed by atoms with van der Waals surface area (Å²) in [7, 11) is 0. The Bertz CT molecular complexity index is 370. The van der Waals surface area contributed by atoms with Gasteiger partial charge < -0.3 is 10.4 Å². The Balaban J connectivity index is 2.62. The van der Waals surface area contributed by atoms with Crippen molar-refractivity contribution in [1.82, 2.24) is 0 Å². The van der Waals surface area contributed by atoms with E-state index in [1.54, 1.807) is 6.92 Å². The fourth-order valence-corrected chi connectivity index (χ4v) is 1.91. The summed E-state index contributed by atoms with van der Waals surface area (Å²) in [6.45, 7) is 2.02. The van der Waals surface area contributed by atoms with Crippen molar-refractivity contribution in [3.63, 3.8) is 0 Å². The van der Waals surface area contributed by atoms with Crippen LogP contribution in [0.2, 0.25) is 5.02 Å². The minimum Gasteiger partial charge on any atom is -0.481 e.